The Labute approximate surface area is 217 Å². The second-order valence-electron chi connectivity index (χ2n) is 9.07. The average Bonchev–Trinajstić information content (AvgIpc) is 3.37. The number of carbonyl (C=O) groups is 1. The number of amides is 2. The first kappa shape index (κ1) is 24.7. The Bertz CT molecular complexity index is 1160. The zero-order valence-corrected chi connectivity index (χ0v) is 22.4. The van der Waals surface area contributed by atoms with E-state index in [9.17, 15) is 4.79 Å². The van der Waals surface area contributed by atoms with Gasteiger partial charge in [0.05, 0.1) is 0 Å². The van der Waals surface area contributed by atoms with E-state index < -0.39 is 15.8 Å². The molecule has 1 saturated heterocycles. The van der Waals surface area contributed by atoms with Crippen LogP contribution >= 0.6 is 15.8 Å². The molecule has 2 amide bonds. The Hall–Kier alpha value is -2.99. The molecular formula is C31H32N2OP2. The van der Waals surface area contributed by atoms with Crippen molar-refractivity contribution in [2.24, 2.45) is 0 Å². The molecule has 0 spiro atoms. The van der Waals surface area contributed by atoms with Gasteiger partial charge in [-0.05, 0) is 49.6 Å². The summed E-state index contributed by atoms with van der Waals surface area (Å²) in [5, 5.41) is 8.43. The SMILES string of the molecule is CNC(=O)N1C[C@@H](P(c2ccccc2)c2ccccc2)C[C@H]1CP(c1ccccc1)c1ccccc1. The quantitative estimate of drug-likeness (QED) is 0.348. The maximum absolute atomic E-state index is 13.1. The van der Waals surface area contributed by atoms with Gasteiger partial charge in [0.25, 0.3) is 0 Å². The number of likely N-dealkylation sites (tertiary alicyclic amines) is 1. The third-order valence-corrected chi connectivity index (χ3v) is 12.3. The predicted octanol–water partition coefficient (Wildman–Crippen LogP) is 5.03. The summed E-state index contributed by atoms with van der Waals surface area (Å²) >= 11 is 0. The highest BCUT2D eigenvalue weighted by Crippen LogP contribution is 2.47. The van der Waals surface area contributed by atoms with E-state index in [1.54, 1.807) is 7.05 Å². The Kier molecular flexibility index (Phi) is 8.11. The lowest BCUT2D eigenvalue weighted by molar-refractivity contribution is 0.199. The number of carbonyl (C=O) groups excluding carboxylic acids is 1. The molecule has 0 aliphatic carbocycles. The number of hydrogen-bond acceptors (Lipinski definition) is 1. The van der Waals surface area contributed by atoms with E-state index in [0.29, 0.717) is 5.66 Å². The van der Waals surface area contributed by atoms with Crippen LogP contribution in [0.25, 0.3) is 0 Å². The van der Waals surface area contributed by atoms with Crippen LogP contribution in [-0.2, 0) is 0 Å². The first-order valence-corrected chi connectivity index (χ1v) is 15.4. The second kappa shape index (κ2) is 11.8. The lowest BCUT2D eigenvalue weighted by Gasteiger charge is -2.28. The molecule has 1 fully saturated rings. The first-order valence-electron chi connectivity index (χ1n) is 12.5. The summed E-state index contributed by atoms with van der Waals surface area (Å²) in [6.45, 7) is 0.784. The highest BCUT2D eigenvalue weighted by Gasteiger charge is 2.40. The summed E-state index contributed by atoms with van der Waals surface area (Å²) in [5.41, 5.74) is 0.412. The fraction of sp³-hybridized carbons (Fsp3) is 0.194. The average molecular weight is 511 g/mol. The lowest BCUT2D eigenvalue weighted by atomic mass is 10.2. The Morgan fingerprint density at radius 1 is 0.722 bits per heavy atom. The number of nitrogens with zero attached hydrogens (tertiary/aromatic N) is 1. The molecule has 0 bridgehead atoms. The fourth-order valence-corrected chi connectivity index (χ4v) is 10.7. The highest BCUT2D eigenvalue weighted by atomic mass is 31.1. The third-order valence-electron chi connectivity index (χ3n) is 6.83. The minimum atomic E-state index is -0.583. The van der Waals surface area contributed by atoms with Gasteiger partial charge in [-0.15, -0.1) is 0 Å². The van der Waals surface area contributed by atoms with Gasteiger partial charge >= 0.3 is 6.03 Å². The normalized spacial score (nSPS) is 17.5. The minimum absolute atomic E-state index is 0.0367. The highest BCUT2D eigenvalue weighted by molar-refractivity contribution is 7.74. The van der Waals surface area contributed by atoms with E-state index in [-0.39, 0.29) is 12.1 Å². The van der Waals surface area contributed by atoms with Crippen molar-refractivity contribution in [2.75, 3.05) is 19.8 Å². The zero-order chi connectivity index (χ0) is 24.7. The largest absolute Gasteiger partial charge is 0.341 e. The summed E-state index contributed by atoms with van der Waals surface area (Å²) in [7, 11) is 0.589. The summed E-state index contributed by atoms with van der Waals surface area (Å²) in [4.78, 5) is 15.3. The Morgan fingerprint density at radius 2 is 1.14 bits per heavy atom. The van der Waals surface area contributed by atoms with Crippen LogP contribution in [0.5, 0.6) is 0 Å². The molecule has 36 heavy (non-hydrogen) atoms. The number of nitrogens with one attached hydrogen (secondary N) is 1. The molecule has 4 aromatic rings. The van der Waals surface area contributed by atoms with E-state index in [1.165, 1.54) is 21.2 Å². The molecule has 4 aromatic carbocycles. The zero-order valence-electron chi connectivity index (χ0n) is 20.6. The Balaban J connectivity index is 1.49. The molecule has 0 unspecified atom stereocenters. The molecule has 0 radical (unpaired) electrons. The smallest absolute Gasteiger partial charge is 0.317 e. The first-order chi connectivity index (χ1) is 17.7. The van der Waals surface area contributed by atoms with Gasteiger partial charge in [-0.25, -0.2) is 4.79 Å². The number of urea groups is 1. The van der Waals surface area contributed by atoms with Crippen molar-refractivity contribution in [3.63, 3.8) is 0 Å². The van der Waals surface area contributed by atoms with E-state index in [4.69, 9.17) is 0 Å². The van der Waals surface area contributed by atoms with Crippen LogP contribution < -0.4 is 26.5 Å². The van der Waals surface area contributed by atoms with Gasteiger partial charge in [0.1, 0.15) is 0 Å². The van der Waals surface area contributed by atoms with Crippen molar-refractivity contribution in [1.82, 2.24) is 10.2 Å². The number of rotatable bonds is 7. The third kappa shape index (κ3) is 5.54. The number of hydrogen-bond donors (Lipinski definition) is 1. The molecule has 0 aromatic heterocycles. The summed E-state index contributed by atoms with van der Waals surface area (Å²) < 4.78 is 0. The summed E-state index contributed by atoms with van der Waals surface area (Å²) in [6, 6.07) is 43.7. The van der Waals surface area contributed by atoms with Crippen LogP contribution in [0.1, 0.15) is 6.42 Å². The van der Waals surface area contributed by atoms with Crippen molar-refractivity contribution in [3.8, 4) is 0 Å². The Morgan fingerprint density at radius 3 is 1.56 bits per heavy atom. The van der Waals surface area contributed by atoms with Crippen LogP contribution in [0, 0.1) is 0 Å². The van der Waals surface area contributed by atoms with Crippen LogP contribution in [0.2, 0.25) is 0 Å². The van der Waals surface area contributed by atoms with E-state index in [2.05, 4.69) is 132 Å². The van der Waals surface area contributed by atoms with Crippen molar-refractivity contribution in [3.05, 3.63) is 121 Å². The maximum atomic E-state index is 13.1. The standard InChI is InChI=1S/C31H32N2OP2/c1-32-31(34)33-23-30(36(28-18-10-4-11-19-28)29-20-12-5-13-21-29)22-25(33)24-35(26-14-6-2-7-15-26)27-16-8-3-9-17-27/h2-21,25,30H,22-24H2,1H3,(H,32,34)/t25-,30-/m0/s1. The molecule has 1 heterocycles. The van der Waals surface area contributed by atoms with Crippen LogP contribution in [-0.4, -0.2) is 42.4 Å². The van der Waals surface area contributed by atoms with Crippen LogP contribution in [0.15, 0.2) is 121 Å². The minimum Gasteiger partial charge on any atom is -0.341 e. The molecular weight excluding hydrogens is 478 g/mol. The van der Waals surface area contributed by atoms with Crippen molar-refractivity contribution in [2.45, 2.75) is 18.1 Å². The summed E-state index contributed by atoms with van der Waals surface area (Å²) in [6.07, 6.45) is 1.99. The summed E-state index contributed by atoms with van der Waals surface area (Å²) in [5.74, 6) is 0. The lowest BCUT2D eigenvalue weighted by Crippen LogP contribution is -2.43. The predicted molar refractivity (Wildman–Crippen MR) is 156 cm³/mol. The van der Waals surface area contributed by atoms with Crippen molar-refractivity contribution < 1.29 is 4.79 Å². The molecule has 1 aliphatic rings. The van der Waals surface area contributed by atoms with Crippen molar-refractivity contribution in [1.29, 1.82) is 0 Å². The van der Waals surface area contributed by atoms with Gasteiger partial charge in [0, 0.05) is 25.3 Å². The topological polar surface area (TPSA) is 32.3 Å². The molecule has 3 nitrogen and oxygen atoms in total. The van der Waals surface area contributed by atoms with Gasteiger partial charge < -0.3 is 10.2 Å². The van der Waals surface area contributed by atoms with E-state index >= 15 is 0 Å². The van der Waals surface area contributed by atoms with Crippen LogP contribution in [0.3, 0.4) is 0 Å². The van der Waals surface area contributed by atoms with Crippen molar-refractivity contribution >= 4 is 43.1 Å². The molecule has 5 heteroatoms. The van der Waals surface area contributed by atoms with E-state index in [0.717, 1.165) is 19.1 Å². The molecule has 1 aliphatic heterocycles. The molecule has 5 rings (SSSR count). The van der Waals surface area contributed by atoms with E-state index in [1.807, 2.05) is 0 Å². The number of benzene rings is 4. The fourth-order valence-electron chi connectivity index (χ4n) is 5.18. The van der Waals surface area contributed by atoms with Gasteiger partial charge in [0.2, 0.25) is 0 Å². The molecule has 2 atom stereocenters. The second-order valence-corrected chi connectivity index (χ2v) is 13.8. The molecule has 1 N–H and O–H groups in total. The monoisotopic (exact) mass is 510 g/mol. The van der Waals surface area contributed by atoms with Gasteiger partial charge in [-0.1, -0.05) is 121 Å². The van der Waals surface area contributed by atoms with Gasteiger partial charge in [0.15, 0.2) is 0 Å². The maximum Gasteiger partial charge on any atom is 0.317 e. The molecule has 0 saturated carbocycles. The van der Waals surface area contributed by atoms with Crippen LogP contribution in [0.4, 0.5) is 4.79 Å². The van der Waals surface area contributed by atoms with Gasteiger partial charge in [-0.3, -0.25) is 0 Å². The molecule has 182 valence electrons. The van der Waals surface area contributed by atoms with Gasteiger partial charge in [-0.2, -0.15) is 0 Å².